The normalized spacial score (nSPS) is 10.9. The van der Waals surface area contributed by atoms with Crippen molar-refractivity contribution in [2.75, 3.05) is 0 Å². The average Bonchev–Trinajstić information content (AvgIpc) is 3.33. The zero-order valence-corrected chi connectivity index (χ0v) is 18.8. The Hall–Kier alpha value is -3.67. The fraction of sp³-hybridized carbons (Fsp3) is 0.296. The summed E-state index contributed by atoms with van der Waals surface area (Å²) in [6.07, 6.45) is 11.1. The molecule has 2 aromatic heterocycles. The molecule has 0 atom stereocenters. The lowest BCUT2D eigenvalue weighted by molar-refractivity contribution is 0.298. The number of benzene rings is 2. The maximum Gasteiger partial charge on any atom is 0.290 e. The molecule has 4 rings (SSSR count). The van der Waals surface area contributed by atoms with Crippen LogP contribution in [0.15, 0.2) is 83.9 Å². The van der Waals surface area contributed by atoms with Gasteiger partial charge in [-0.3, -0.25) is 4.79 Å². The van der Waals surface area contributed by atoms with Crippen molar-refractivity contribution in [1.29, 1.82) is 0 Å². The van der Waals surface area contributed by atoms with Gasteiger partial charge >= 0.3 is 0 Å². The molecule has 2 aromatic carbocycles. The molecule has 33 heavy (non-hydrogen) atoms. The zero-order chi connectivity index (χ0) is 22.7. The van der Waals surface area contributed by atoms with Crippen molar-refractivity contribution in [3.05, 3.63) is 106 Å². The van der Waals surface area contributed by atoms with Crippen LogP contribution in [0.4, 0.5) is 0 Å². The van der Waals surface area contributed by atoms with E-state index in [4.69, 9.17) is 4.74 Å². The van der Waals surface area contributed by atoms with E-state index in [-0.39, 0.29) is 5.56 Å². The van der Waals surface area contributed by atoms with Crippen LogP contribution in [0.2, 0.25) is 0 Å². The lowest BCUT2D eigenvalue weighted by Crippen LogP contribution is -2.13. The number of rotatable bonds is 12. The minimum absolute atomic E-state index is 0.160. The molecule has 0 amide bonds. The number of para-hydroxylation sites is 1. The van der Waals surface area contributed by atoms with Crippen LogP contribution in [0.25, 0.3) is 5.69 Å². The van der Waals surface area contributed by atoms with E-state index in [1.54, 1.807) is 6.20 Å². The SMILES string of the molecule is O=c1[nH]ccc(CCCCCCCc2cn(-c3ccccc3)nn2)c1OCc1ccccc1. The minimum atomic E-state index is -0.160. The number of nitrogens with one attached hydrogen (secondary N) is 1. The smallest absolute Gasteiger partial charge is 0.290 e. The maximum absolute atomic E-state index is 12.3. The first kappa shape index (κ1) is 22.5. The molecule has 0 aliphatic carbocycles. The van der Waals surface area contributed by atoms with E-state index in [1.807, 2.05) is 77.6 Å². The molecular formula is C27H30N4O2. The van der Waals surface area contributed by atoms with Crippen LogP contribution in [0.1, 0.15) is 48.9 Å². The standard InChI is InChI=1S/C27H30N4O2/c32-27-26(33-21-22-12-6-4-7-13-22)23(18-19-28-27)14-8-2-1-3-9-15-24-20-31(30-29-24)25-16-10-5-11-17-25/h4-7,10-13,16-20H,1-3,8-9,14-15,21H2,(H,28,32). The highest BCUT2D eigenvalue weighted by Gasteiger charge is 2.09. The molecule has 0 saturated carbocycles. The first-order valence-electron chi connectivity index (χ1n) is 11.6. The molecule has 4 aromatic rings. The van der Waals surface area contributed by atoms with Gasteiger partial charge in [0.25, 0.3) is 5.56 Å². The van der Waals surface area contributed by atoms with E-state index in [2.05, 4.69) is 15.3 Å². The first-order valence-corrected chi connectivity index (χ1v) is 11.6. The van der Waals surface area contributed by atoms with Gasteiger partial charge in [-0.2, -0.15) is 0 Å². The summed E-state index contributed by atoms with van der Waals surface area (Å²) >= 11 is 0. The summed E-state index contributed by atoms with van der Waals surface area (Å²) in [6, 6.07) is 21.9. The molecule has 0 aliphatic rings. The predicted molar refractivity (Wildman–Crippen MR) is 130 cm³/mol. The summed E-state index contributed by atoms with van der Waals surface area (Å²) in [7, 11) is 0. The molecular weight excluding hydrogens is 412 g/mol. The van der Waals surface area contributed by atoms with Gasteiger partial charge in [0.15, 0.2) is 5.75 Å². The van der Waals surface area contributed by atoms with Crippen molar-refractivity contribution in [3.8, 4) is 11.4 Å². The summed E-state index contributed by atoms with van der Waals surface area (Å²) < 4.78 is 7.70. The first-order chi connectivity index (χ1) is 16.3. The fourth-order valence-electron chi connectivity index (χ4n) is 3.86. The Bertz CT molecular complexity index is 1170. The summed E-state index contributed by atoms with van der Waals surface area (Å²) in [5, 5.41) is 8.51. The van der Waals surface area contributed by atoms with Gasteiger partial charge in [-0.1, -0.05) is 73.0 Å². The van der Waals surface area contributed by atoms with Gasteiger partial charge in [-0.15, -0.1) is 5.10 Å². The minimum Gasteiger partial charge on any atom is -0.483 e. The second-order valence-electron chi connectivity index (χ2n) is 8.19. The number of hydrogen-bond donors (Lipinski definition) is 1. The Balaban J connectivity index is 1.17. The van der Waals surface area contributed by atoms with E-state index < -0.39 is 0 Å². The second kappa shape index (κ2) is 11.8. The van der Waals surface area contributed by atoms with Gasteiger partial charge in [0.1, 0.15) is 6.61 Å². The van der Waals surface area contributed by atoms with Crippen LogP contribution in [-0.2, 0) is 19.4 Å². The Morgan fingerprint density at radius 2 is 1.52 bits per heavy atom. The van der Waals surface area contributed by atoms with Crippen molar-refractivity contribution in [2.45, 2.75) is 51.6 Å². The van der Waals surface area contributed by atoms with Gasteiger partial charge in [-0.05, 0) is 49.4 Å². The number of ether oxygens (including phenoxy) is 1. The molecule has 0 unspecified atom stereocenters. The molecule has 0 aliphatic heterocycles. The number of pyridine rings is 1. The van der Waals surface area contributed by atoms with E-state index in [0.29, 0.717) is 12.4 Å². The van der Waals surface area contributed by atoms with E-state index in [1.165, 1.54) is 0 Å². The van der Waals surface area contributed by atoms with Crippen molar-refractivity contribution < 1.29 is 4.74 Å². The lowest BCUT2D eigenvalue weighted by atomic mass is 10.0. The van der Waals surface area contributed by atoms with Crippen LogP contribution in [0.3, 0.4) is 0 Å². The third-order valence-electron chi connectivity index (χ3n) is 5.66. The van der Waals surface area contributed by atoms with Crippen LogP contribution in [-0.4, -0.2) is 20.0 Å². The van der Waals surface area contributed by atoms with E-state index >= 15 is 0 Å². The molecule has 170 valence electrons. The molecule has 0 fully saturated rings. The Morgan fingerprint density at radius 1 is 0.818 bits per heavy atom. The second-order valence-corrected chi connectivity index (χ2v) is 8.19. The van der Waals surface area contributed by atoms with E-state index in [9.17, 15) is 4.79 Å². The van der Waals surface area contributed by atoms with Gasteiger partial charge < -0.3 is 9.72 Å². The summed E-state index contributed by atoms with van der Waals surface area (Å²) in [4.78, 5) is 15.0. The van der Waals surface area contributed by atoms with Gasteiger partial charge in [-0.25, -0.2) is 4.68 Å². The predicted octanol–water partition coefficient (Wildman–Crippen LogP) is 5.27. The van der Waals surface area contributed by atoms with E-state index in [0.717, 1.165) is 67.5 Å². The number of aromatic nitrogens is 4. The lowest BCUT2D eigenvalue weighted by Gasteiger charge is -2.10. The summed E-state index contributed by atoms with van der Waals surface area (Å²) in [5.41, 5.74) is 3.93. The van der Waals surface area contributed by atoms with Crippen molar-refractivity contribution in [1.82, 2.24) is 20.0 Å². The third-order valence-corrected chi connectivity index (χ3v) is 5.66. The topological polar surface area (TPSA) is 72.8 Å². The highest BCUT2D eigenvalue weighted by atomic mass is 16.5. The van der Waals surface area contributed by atoms with Crippen molar-refractivity contribution in [2.24, 2.45) is 0 Å². The number of hydrogen-bond acceptors (Lipinski definition) is 4. The molecule has 6 heteroatoms. The third kappa shape index (κ3) is 6.65. The van der Waals surface area contributed by atoms with Crippen LogP contribution < -0.4 is 10.3 Å². The number of H-pyrrole nitrogens is 1. The molecule has 1 N–H and O–H groups in total. The quantitative estimate of drug-likeness (QED) is 0.303. The average molecular weight is 443 g/mol. The number of nitrogens with zero attached hydrogens (tertiary/aromatic N) is 3. The zero-order valence-electron chi connectivity index (χ0n) is 18.8. The number of aryl methyl sites for hydroxylation is 2. The number of unbranched alkanes of at least 4 members (excludes halogenated alkanes) is 4. The van der Waals surface area contributed by atoms with Crippen molar-refractivity contribution >= 4 is 0 Å². The number of aromatic amines is 1. The van der Waals surface area contributed by atoms with Crippen LogP contribution >= 0.6 is 0 Å². The van der Waals surface area contributed by atoms with Gasteiger partial charge in [0.05, 0.1) is 17.6 Å². The molecule has 2 heterocycles. The van der Waals surface area contributed by atoms with Crippen molar-refractivity contribution in [3.63, 3.8) is 0 Å². The van der Waals surface area contributed by atoms with Crippen LogP contribution in [0, 0.1) is 0 Å². The Kier molecular flexibility index (Phi) is 8.06. The molecule has 0 radical (unpaired) electrons. The van der Waals surface area contributed by atoms with Gasteiger partial charge in [0, 0.05) is 11.8 Å². The molecule has 6 nitrogen and oxygen atoms in total. The van der Waals surface area contributed by atoms with Crippen LogP contribution in [0.5, 0.6) is 5.75 Å². The molecule has 0 bridgehead atoms. The molecule has 0 spiro atoms. The Morgan fingerprint density at radius 3 is 2.30 bits per heavy atom. The van der Waals surface area contributed by atoms with Gasteiger partial charge in [0.2, 0.25) is 0 Å². The molecule has 0 saturated heterocycles. The fourth-order valence-corrected chi connectivity index (χ4v) is 3.86. The monoisotopic (exact) mass is 442 g/mol. The summed E-state index contributed by atoms with van der Waals surface area (Å²) in [6.45, 7) is 0.399. The maximum atomic E-state index is 12.3. The summed E-state index contributed by atoms with van der Waals surface area (Å²) in [5.74, 6) is 0.447. The largest absolute Gasteiger partial charge is 0.483 e. The highest BCUT2D eigenvalue weighted by molar-refractivity contribution is 5.31. The Labute approximate surface area is 194 Å². The highest BCUT2D eigenvalue weighted by Crippen LogP contribution is 2.18.